The van der Waals surface area contributed by atoms with Crippen LogP contribution in [0.15, 0.2) is 36.5 Å². The predicted molar refractivity (Wildman–Crippen MR) is 83.3 cm³/mol. The first-order chi connectivity index (χ1) is 9.60. The molecular weight excluding hydrogens is 293 g/mol. The standard InChI is InChI=1S/C15H13Cl2N3/c1-9-2-5-14-19-15(13(7-18)20(14)8-9)11-4-3-10(16)6-12(11)17/h2-6,8H,7,18H2,1H3. The summed E-state index contributed by atoms with van der Waals surface area (Å²) < 4.78 is 2.01. The first kappa shape index (κ1) is 13.4. The maximum absolute atomic E-state index is 6.28. The van der Waals surface area contributed by atoms with Gasteiger partial charge < -0.3 is 10.1 Å². The molecule has 0 aliphatic rings. The molecular formula is C15H13Cl2N3. The summed E-state index contributed by atoms with van der Waals surface area (Å²) >= 11 is 12.2. The number of halogens is 2. The average Bonchev–Trinajstić information content (AvgIpc) is 2.76. The molecule has 2 heterocycles. The minimum atomic E-state index is 0.388. The van der Waals surface area contributed by atoms with Gasteiger partial charge in [-0.2, -0.15) is 0 Å². The van der Waals surface area contributed by atoms with Crippen LogP contribution in [-0.2, 0) is 6.54 Å². The summed E-state index contributed by atoms with van der Waals surface area (Å²) in [5, 5.41) is 1.18. The number of pyridine rings is 1. The van der Waals surface area contributed by atoms with Crippen LogP contribution in [0.5, 0.6) is 0 Å². The molecule has 0 unspecified atom stereocenters. The molecule has 0 bridgehead atoms. The van der Waals surface area contributed by atoms with Crippen LogP contribution in [0, 0.1) is 6.92 Å². The number of hydrogen-bond donors (Lipinski definition) is 1. The Morgan fingerprint density at radius 1 is 1.20 bits per heavy atom. The topological polar surface area (TPSA) is 43.3 Å². The zero-order chi connectivity index (χ0) is 14.3. The third-order valence-corrected chi connectivity index (χ3v) is 3.79. The predicted octanol–water partition coefficient (Wildman–Crippen LogP) is 4.08. The highest BCUT2D eigenvalue weighted by Gasteiger charge is 2.15. The Labute approximate surface area is 127 Å². The lowest BCUT2D eigenvalue weighted by molar-refractivity contribution is 0.957. The lowest BCUT2D eigenvalue weighted by Gasteiger charge is -2.05. The molecule has 3 aromatic rings. The zero-order valence-corrected chi connectivity index (χ0v) is 12.4. The van der Waals surface area contributed by atoms with Crippen molar-refractivity contribution < 1.29 is 0 Å². The molecule has 0 atom stereocenters. The van der Waals surface area contributed by atoms with E-state index in [-0.39, 0.29) is 0 Å². The van der Waals surface area contributed by atoms with Crippen molar-refractivity contribution in [2.75, 3.05) is 0 Å². The lowest BCUT2D eigenvalue weighted by Crippen LogP contribution is -2.02. The van der Waals surface area contributed by atoms with E-state index < -0.39 is 0 Å². The van der Waals surface area contributed by atoms with Crippen molar-refractivity contribution in [1.82, 2.24) is 9.38 Å². The fourth-order valence-corrected chi connectivity index (χ4v) is 2.79. The van der Waals surface area contributed by atoms with Crippen LogP contribution in [0.1, 0.15) is 11.3 Å². The fraction of sp³-hybridized carbons (Fsp3) is 0.133. The van der Waals surface area contributed by atoms with Crippen molar-refractivity contribution in [3.63, 3.8) is 0 Å². The Morgan fingerprint density at radius 3 is 2.70 bits per heavy atom. The van der Waals surface area contributed by atoms with Crippen LogP contribution >= 0.6 is 23.2 Å². The monoisotopic (exact) mass is 305 g/mol. The summed E-state index contributed by atoms with van der Waals surface area (Å²) in [6, 6.07) is 9.39. The summed E-state index contributed by atoms with van der Waals surface area (Å²) in [4.78, 5) is 4.64. The molecule has 5 heteroatoms. The van der Waals surface area contributed by atoms with Gasteiger partial charge in [0.15, 0.2) is 0 Å². The van der Waals surface area contributed by atoms with Gasteiger partial charge in [-0.15, -0.1) is 0 Å². The summed E-state index contributed by atoms with van der Waals surface area (Å²) in [7, 11) is 0. The smallest absolute Gasteiger partial charge is 0.137 e. The van der Waals surface area contributed by atoms with Gasteiger partial charge in [0.2, 0.25) is 0 Å². The number of rotatable bonds is 2. The van der Waals surface area contributed by atoms with Gasteiger partial charge in [0.1, 0.15) is 5.65 Å². The number of nitrogens with zero attached hydrogens (tertiary/aromatic N) is 2. The maximum Gasteiger partial charge on any atom is 0.137 e. The first-order valence-electron chi connectivity index (χ1n) is 6.23. The van der Waals surface area contributed by atoms with Crippen LogP contribution < -0.4 is 5.73 Å². The molecule has 2 aromatic heterocycles. The Kier molecular flexibility index (Phi) is 3.42. The van der Waals surface area contributed by atoms with Gasteiger partial charge in [0.05, 0.1) is 16.4 Å². The van der Waals surface area contributed by atoms with Crippen LogP contribution in [0.3, 0.4) is 0 Å². The molecule has 3 nitrogen and oxygen atoms in total. The Balaban J connectivity index is 2.30. The number of hydrogen-bond acceptors (Lipinski definition) is 2. The SMILES string of the molecule is Cc1ccc2nc(-c3ccc(Cl)cc3Cl)c(CN)n2c1. The Bertz CT molecular complexity index is 793. The van der Waals surface area contributed by atoms with Crippen LogP contribution in [-0.4, -0.2) is 9.38 Å². The molecule has 102 valence electrons. The van der Waals surface area contributed by atoms with E-state index in [1.807, 2.05) is 35.7 Å². The average molecular weight is 306 g/mol. The van der Waals surface area contributed by atoms with Gasteiger partial charge >= 0.3 is 0 Å². The van der Waals surface area contributed by atoms with Crippen LogP contribution in [0.25, 0.3) is 16.9 Å². The van der Waals surface area contributed by atoms with Gasteiger partial charge in [0.25, 0.3) is 0 Å². The van der Waals surface area contributed by atoms with Crippen molar-refractivity contribution in [2.45, 2.75) is 13.5 Å². The summed E-state index contributed by atoms with van der Waals surface area (Å²) in [6.45, 7) is 2.42. The molecule has 0 fully saturated rings. The molecule has 0 spiro atoms. The second kappa shape index (κ2) is 5.09. The van der Waals surface area contributed by atoms with Gasteiger partial charge in [-0.05, 0) is 36.8 Å². The molecule has 1 aromatic carbocycles. The van der Waals surface area contributed by atoms with Crippen LogP contribution in [0.4, 0.5) is 0 Å². The normalized spacial score (nSPS) is 11.2. The second-order valence-corrected chi connectivity index (χ2v) is 5.51. The van der Waals surface area contributed by atoms with Crippen LogP contribution in [0.2, 0.25) is 10.0 Å². The molecule has 3 rings (SSSR count). The van der Waals surface area contributed by atoms with E-state index in [4.69, 9.17) is 28.9 Å². The van der Waals surface area contributed by atoms with E-state index in [2.05, 4.69) is 4.98 Å². The molecule has 0 radical (unpaired) electrons. The Morgan fingerprint density at radius 2 is 2.00 bits per heavy atom. The lowest BCUT2D eigenvalue weighted by atomic mass is 10.1. The van der Waals surface area contributed by atoms with Crippen molar-refractivity contribution in [3.8, 4) is 11.3 Å². The molecule has 0 aliphatic carbocycles. The molecule has 0 saturated heterocycles. The minimum absolute atomic E-state index is 0.388. The third kappa shape index (κ3) is 2.18. The minimum Gasteiger partial charge on any atom is -0.325 e. The van der Waals surface area contributed by atoms with Crippen molar-refractivity contribution in [3.05, 3.63) is 57.8 Å². The molecule has 0 saturated carbocycles. The summed E-state index contributed by atoms with van der Waals surface area (Å²) in [5.41, 5.74) is 10.5. The molecule has 20 heavy (non-hydrogen) atoms. The maximum atomic E-state index is 6.28. The molecule has 0 amide bonds. The first-order valence-corrected chi connectivity index (χ1v) is 6.99. The second-order valence-electron chi connectivity index (χ2n) is 4.67. The fourth-order valence-electron chi connectivity index (χ4n) is 2.29. The third-order valence-electron chi connectivity index (χ3n) is 3.24. The number of nitrogens with two attached hydrogens (primary N) is 1. The summed E-state index contributed by atoms with van der Waals surface area (Å²) in [5.74, 6) is 0. The van der Waals surface area contributed by atoms with Crippen molar-refractivity contribution >= 4 is 28.8 Å². The van der Waals surface area contributed by atoms with Crippen molar-refractivity contribution in [1.29, 1.82) is 0 Å². The number of fused-ring (bicyclic) bond motifs is 1. The van der Waals surface area contributed by atoms with Gasteiger partial charge in [-0.1, -0.05) is 29.3 Å². The number of imidazole rings is 1. The highest BCUT2D eigenvalue weighted by molar-refractivity contribution is 6.36. The molecule has 2 N–H and O–H groups in total. The number of benzene rings is 1. The van der Waals surface area contributed by atoms with E-state index in [0.29, 0.717) is 16.6 Å². The van der Waals surface area contributed by atoms with Gasteiger partial charge in [-0.25, -0.2) is 4.98 Å². The quantitative estimate of drug-likeness (QED) is 0.775. The van der Waals surface area contributed by atoms with E-state index >= 15 is 0 Å². The highest BCUT2D eigenvalue weighted by atomic mass is 35.5. The Hall–Kier alpha value is -1.55. The number of aryl methyl sites for hydroxylation is 1. The zero-order valence-electron chi connectivity index (χ0n) is 10.9. The van der Waals surface area contributed by atoms with E-state index in [9.17, 15) is 0 Å². The van der Waals surface area contributed by atoms with E-state index in [1.165, 1.54) is 0 Å². The van der Waals surface area contributed by atoms with E-state index in [1.54, 1.807) is 12.1 Å². The largest absolute Gasteiger partial charge is 0.325 e. The van der Waals surface area contributed by atoms with E-state index in [0.717, 1.165) is 28.2 Å². The summed E-state index contributed by atoms with van der Waals surface area (Å²) in [6.07, 6.45) is 2.03. The molecule has 0 aliphatic heterocycles. The number of aromatic nitrogens is 2. The van der Waals surface area contributed by atoms with Gasteiger partial charge in [-0.3, -0.25) is 0 Å². The highest BCUT2D eigenvalue weighted by Crippen LogP contribution is 2.32. The van der Waals surface area contributed by atoms with Gasteiger partial charge in [0, 0.05) is 23.3 Å². The van der Waals surface area contributed by atoms with Crippen molar-refractivity contribution in [2.24, 2.45) is 5.73 Å².